The summed E-state index contributed by atoms with van der Waals surface area (Å²) in [6, 6.07) is 1.89. The first-order chi connectivity index (χ1) is 7.75. The van der Waals surface area contributed by atoms with Gasteiger partial charge in [-0.15, -0.1) is 0 Å². The first-order valence-corrected chi connectivity index (χ1v) is 6.28. The van der Waals surface area contributed by atoms with Gasteiger partial charge in [0.2, 0.25) is 5.91 Å². The van der Waals surface area contributed by atoms with Crippen molar-refractivity contribution in [2.75, 3.05) is 16.8 Å². The lowest BCUT2D eigenvalue weighted by Gasteiger charge is -2.39. The molecule has 0 aliphatic carbocycles. The third kappa shape index (κ3) is 1.50. The van der Waals surface area contributed by atoms with Crippen molar-refractivity contribution < 1.29 is 4.79 Å². The normalized spacial score (nSPS) is 23.4. The van der Waals surface area contributed by atoms with Crippen molar-refractivity contribution in [3.8, 4) is 0 Å². The maximum atomic E-state index is 11.9. The van der Waals surface area contributed by atoms with Gasteiger partial charge < -0.3 is 10.2 Å². The Morgan fingerprint density at radius 3 is 3.25 bits per heavy atom. The topological polar surface area (TPSA) is 45.2 Å². The number of fused-ring (bicyclic) bond motifs is 3. The Kier molecular flexibility index (Phi) is 2.35. The molecular formula is C11H12BrN3O. The molecule has 0 saturated carbocycles. The van der Waals surface area contributed by atoms with E-state index >= 15 is 0 Å². The number of nitrogens with one attached hydrogen (secondary N) is 1. The molecule has 1 unspecified atom stereocenters. The molecule has 84 valence electrons. The van der Waals surface area contributed by atoms with Crippen LogP contribution in [0.15, 0.2) is 16.7 Å². The molecule has 0 aromatic carbocycles. The molecular weight excluding hydrogens is 270 g/mol. The second kappa shape index (κ2) is 3.73. The minimum Gasteiger partial charge on any atom is -0.343 e. The highest BCUT2D eigenvalue weighted by atomic mass is 79.9. The molecule has 1 atom stereocenters. The van der Waals surface area contributed by atoms with Gasteiger partial charge in [0.25, 0.3) is 0 Å². The average molecular weight is 282 g/mol. The number of anilines is 2. The van der Waals surface area contributed by atoms with E-state index in [1.807, 2.05) is 6.07 Å². The third-order valence-corrected chi connectivity index (χ3v) is 3.60. The predicted octanol–water partition coefficient (Wildman–Crippen LogP) is 2.16. The van der Waals surface area contributed by atoms with Crippen molar-refractivity contribution in [3.05, 3.63) is 16.7 Å². The number of amides is 1. The number of rotatable bonds is 0. The largest absolute Gasteiger partial charge is 0.343 e. The molecule has 1 aromatic rings. The number of piperidine rings is 1. The standard InChI is InChI=1S/C11H12BrN3O/c12-7-5-8-10(13-6-7)15-4-2-1-3-9(15)11(16)14-8/h5-6,9H,1-4H2,(H,14,16). The summed E-state index contributed by atoms with van der Waals surface area (Å²) >= 11 is 3.37. The lowest BCUT2D eigenvalue weighted by molar-refractivity contribution is -0.118. The van der Waals surface area contributed by atoms with Crippen LogP contribution < -0.4 is 10.2 Å². The lowest BCUT2D eigenvalue weighted by Crippen LogP contribution is -2.51. The summed E-state index contributed by atoms with van der Waals surface area (Å²) in [4.78, 5) is 18.4. The summed E-state index contributed by atoms with van der Waals surface area (Å²) in [7, 11) is 0. The number of hydrogen-bond donors (Lipinski definition) is 1. The highest BCUT2D eigenvalue weighted by molar-refractivity contribution is 9.10. The van der Waals surface area contributed by atoms with Gasteiger partial charge in [-0.05, 0) is 41.3 Å². The molecule has 1 fully saturated rings. The molecule has 16 heavy (non-hydrogen) atoms. The van der Waals surface area contributed by atoms with Crippen LogP contribution in [0.4, 0.5) is 11.5 Å². The SMILES string of the molecule is O=C1Nc2cc(Br)cnc2N2CCCCC12. The van der Waals surface area contributed by atoms with Crippen LogP contribution in [0.3, 0.4) is 0 Å². The van der Waals surface area contributed by atoms with Crippen molar-refractivity contribution >= 4 is 33.3 Å². The van der Waals surface area contributed by atoms with Gasteiger partial charge >= 0.3 is 0 Å². The van der Waals surface area contributed by atoms with Crippen molar-refractivity contribution in [2.24, 2.45) is 0 Å². The average Bonchev–Trinajstić information content (AvgIpc) is 2.29. The van der Waals surface area contributed by atoms with Gasteiger partial charge in [-0.3, -0.25) is 4.79 Å². The van der Waals surface area contributed by atoms with Gasteiger partial charge in [0.15, 0.2) is 5.82 Å². The number of pyridine rings is 1. The molecule has 1 amide bonds. The Morgan fingerprint density at radius 1 is 1.50 bits per heavy atom. The summed E-state index contributed by atoms with van der Waals surface area (Å²) in [6.07, 6.45) is 4.98. The second-order valence-electron chi connectivity index (χ2n) is 4.22. The van der Waals surface area contributed by atoms with Gasteiger partial charge in [0, 0.05) is 17.2 Å². The molecule has 1 aromatic heterocycles. The van der Waals surface area contributed by atoms with E-state index in [1.165, 1.54) is 0 Å². The van der Waals surface area contributed by atoms with Crippen LogP contribution in [-0.4, -0.2) is 23.5 Å². The molecule has 0 spiro atoms. The summed E-state index contributed by atoms with van der Waals surface area (Å²) in [5.41, 5.74) is 0.817. The van der Waals surface area contributed by atoms with E-state index in [0.29, 0.717) is 0 Å². The molecule has 5 heteroatoms. The van der Waals surface area contributed by atoms with Crippen molar-refractivity contribution in [3.63, 3.8) is 0 Å². The van der Waals surface area contributed by atoms with Crippen LogP contribution in [-0.2, 0) is 4.79 Å². The molecule has 3 rings (SSSR count). The lowest BCUT2D eigenvalue weighted by atomic mass is 9.99. The molecule has 3 heterocycles. The summed E-state index contributed by atoms with van der Waals surface area (Å²) in [5.74, 6) is 1.01. The Balaban J connectivity index is 2.06. The number of carbonyl (C=O) groups is 1. The Morgan fingerprint density at radius 2 is 2.38 bits per heavy atom. The van der Waals surface area contributed by atoms with Gasteiger partial charge in [-0.1, -0.05) is 0 Å². The minimum absolute atomic E-state index is 0.0186. The Hall–Kier alpha value is -1.10. The maximum absolute atomic E-state index is 11.9. The molecule has 1 saturated heterocycles. The molecule has 1 N–H and O–H groups in total. The number of aromatic nitrogens is 1. The Labute approximate surface area is 102 Å². The quantitative estimate of drug-likeness (QED) is 0.793. The fourth-order valence-electron chi connectivity index (χ4n) is 2.43. The van der Waals surface area contributed by atoms with Crippen LogP contribution in [0.5, 0.6) is 0 Å². The van der Waals surface area contributed by atoms with Crippen LogP contribution in [0.1, 0.15) is 19.3 Å². The number of carbonyl (C=O) groups excluding carboxylic acids is 1. The van der Waals surface area contributed by atoms with Gasteiger partial charge in [-0.2, -0.15) is 0 Å². The van der Waals surface area contributed by atoms with Crippen LogP contribution in [0.2, 0.25) is 0 Å². The molecule has 4 nitrogen and oxygen atoms in total. The monoisotopic (exact) mass is 281 g/mol. The minimum atomic E-state index is -0.0186. The highest BCUT2D eigenvalue weighted by Gasteiger charge is 2.35. The molecule has 2 aliphatic rings. The van der Waals surface area contributed by atoms with Gasteiger partial charge in [0.1, 0.15) is 6.04 Å². The van der Waals surface area contributed by atoms with Crippen molar-refractivity contribution in [1.82, 2.24) is 4.98 Å². The van der Waals surface area contributed by atoms with Crippen molar-refractivity contribution in [2.45, 2.75) is 25.3 Å². The van der Waals surface area contributed by atoms with Gasteiger partial charge in [-0.25, -0.2) is 4.98 Å². The zero-order valence-electron chi connectivity index (χ0n) is 8.74. The van der Waals surface area contributed by atoms with Gasteiger partial charge in [0.05, 0.1) is 5.69 Å². The smallest absolute Gasteiger partial charge is 0.247 e. The molecule has 0 bridgehead atoms. The second-order valence-corrected chi connectivity index (χ2v) is 5.13. The van der Waals surface area contributed by atoms with Crippen LogP contribution in [0.25, 0.3) is 0 Å². The van der Waals surface area contributed by atoms with E-state index in [0.717, 1.165) is 41.8 Å². The number of nitrogens with zero attached hydrogens (tertiary/aromatic N) is 2. The zero-order chi connectivity index (χ0) is 11.1. The van der Waals surface area contributed by atoms with E-state index < -0.39 is 0 Å². The van der Waals surface area contributed by atoms with E-state index in [9.17, 15) is 4.79 Å². The van der Waals surface area contributed by atoms with Crippen LogP contribution >= 0.6 is 15.9 Å². The van der Waals surface area contributed by atoms with E-state index in [1.54, 1.807) is 6.20 Å². The first kappa shape index (κ1) is 10.1. The number of halogens is 1. The van der Waals surface area contributed by atoms with E-state index in [2.05, 4.69) is 31.1 Å². The fraction of sp³-hybridized carbons (Fsp3) is 0.455. The van der Waals surface area contributed by atoms with E-state index in [4.69, 9.17) is 0 Å². The van der Waals surface area contributed by atoms with Crippen LogP contribution in [0, 0.1) is 0 Å². The zero-order valence-corrected chi connectivity index (χ0v) is 10.3. The predicted molar refractivity (Wildman–Crippen MR) is 65.6 cm³/mol. The summed E-state index contributed by atoms with van der Waals surface area (Å²) in [6.45, 7) is 0.930. The third-order valence-electron chi connectivity index (χ3n) is 3.17. The Bertz CT molecular complexity index is 449. The maximum Gasteiger partial charge on any atom is 0.247 e. The fourth-order valence-corrected chi connectivity index (χ4v) is 2.76. The molecule has 0 radical (unpaired) electrons. The number of hydrogen-bond acceptors (Lipinski definition) is 3. The summed E-state index contributed by atoms with van der Waals surface area (Å²) in [5, 5.41) is 2.93. The molecule has 2 aliphatic heterocycles. The highest BCUT2D eigenvalue weighted by Crippen LogP contribution is 2.35. The van der Waals surface area contributed by atoms with E-state index in [-0.39, 0.29) is 11.9 Å². The first-order valence-electron chi connectivity index (χ1n) is 5.49. The summed E-state index contributed by atoms with van der Waals surface area (Å²) < 4.78 is 0.891. The van der Waals surface area contributed by atoms with Crippen molar-refractivity contribution in [1.29, 1.82) is 0 Å².